The standard InChI is InChI=1S/C18H19NO4/c1-3-21-14-6-4-13(5-7-14)19-18(20)15-11-17-16(10-12(15)2)22-8-9-23-17/h4-7,10-11H,3,8-9H2,1-2H3,(H,19,20). The summed E-state index contributed by atoms with van der Waals surface area (Å²) >= 11 is 0. The maximum Gasteiger partial charge on any atom is 0.256 e. The fourth-order valence-corrected chi connectivity index (χ4v) is 2.43. The third-order valence-electron chi connectivity index (χ3n) is 3.56. The van der Waals surface area contributed by atoms with Crippen LogP contribution in [0.3, 0.4) is 0 Å². The lowest BCUT2D eigenvalue weighted by atomic mass is 10.1. The van der Waals surface area contributed by atoms with Gasteiger partial charge in [-0.1, -0.05) is 0 Å². The SMILES string of the molecule is CCOc1ccc(NC(=O)c2cc3c(cc2C)OCCO3)cc1. The van der Waals surface area contributed by atoms with Gasteiger partial charge in [-0.2, -0.15) is 0 Å². The summed E-state index contributed by atoms with van der Waals surface area (Å²) in [5, 5.41) is 2.88. The quantitative estimate of drug-likeness (QED) is 0.939. The molecule has 2 aromatic rings. The van der Waals surface area contributed by atoms with Gasteiger partial charge >= 0.3 is 0 Å². The Morgan fingerprint density at radius 2 is 1.78 bits per heavy atom. The molecule has 0 atom stereocenters. The maximum absolute atomic E-state index is 12.5. The number of carbonyl (C=O) groups excluding carboxylic acids is 1. The summed E-state index contributed by atoms with van der Waals surface area (Å²) in [6.07, 6.45) is 0. The Morgan fingerprint density at radius 3 is 2.43 bits per heavy atom. The van der Waals surface area contributed by atoms with Crippen LogP contribution in [0, 0.1) is 6.92 Å². The molecule has 0 aromatic heterocycles. The van der Waals surface area contributed by atoms with Gasteiger partial charge < -0.3 is 19.5 Å². The third-order valence-corrected chi connectivity index (χ3v) is 3.56. The average molecular weight is 313 g/mol. The van der Waals surface area contributed by atoms with Gasteiger partial charge in [-0.05, 0) is 55.8 Å². The Hall–Kier alpha value is -2.69. The summed E-state index contributed by atoms with van der Waals surface area (Å²) in [6.45, 7) is 5.45. The zero-order valence-electron chi connectivity index (χ0n) is 13.2. The molecule has 0 aliphatic carbocycles. The van der Waals surface area contributed by atoms with Crippen molar-refractivity contribution < 1.29 is 19.0 Å². The largest absolute Gasteiger partial charge is 0.494 e. The molecule has 0 fully saturated rings. The van der Waals surface area contributed by atoms with Crippen LogP contribution in [0.4, 0.5) is 5.69 Å². The van der Waals surface area contributed by atoms with Gasteiger partial charge in [0.25, 0.3) is 5.91 Å². The molecule has 1 aliphatic heterocycles. The van der Waals surface area contributed by atoms with Gasteiger partial charge in [0, 0.05) is 11.3 Å². The smallest absolute Gasteiger partial charge is 0.256 e. The molecule has 1 heterocycles. The van der Waals surface area contributed by atoms with Gasteiger partial charge in [-0.3, -0.25) is 4.79 Å². The molecule has 2 aromatic carbocycles. The summed E-state index contributed by atoms with van der Waals surface area (Å²) in [5.41, 5.74) is 2.13. The van der Waals surface area contributed by atoms with Crippen molar-refractivity contribution in [2.45, 2.75) is 13.8 Å². The first-order valence-corrected chi connectivity index (χ1v) is 7.62. The molecule has 0 saturated carbocycles. The minimum Gasteiger partial charge on any atom is -0.494 e. The van der Waals surface area contributed by atoms with E-state index in [1.807, 2.05) is 44.2 Å². The molecule has 1 amide bonds. The van der Waals surface area contributed by atoms with E-state index in [1.165, 1.54) is 0 Å². The highest BCUT2D eigenvalue weighted by atomic mass is 16.6. The molecule has 23 heavy (non-hydrogen) atoms. The number of carbonyl (C=O) groups is 1. The number of anilines is 1. The molecule has 5 nitrogen and oxygen atoms in total. The number of rotatable bonds is 4. The number of hydrogen-bond donors (Lipinski definition) is 1. The Morgan fingerprint density at radius 1 is 1.13 bits per heavy atom. The van der Waals surface area contributed by atoms with Crippen LogP contribution < -0.4 is 19.5 Å². The van der Waals surface area contributed by atoms with E-state index < -0.39 is 0 Å². The highest BCUT2D eigenvalue weighted by molar-refractivity contribution is 6.05. The van der Waals surface area contributed by atoms with Crippen LogP contribution >= 0.6 is 0 Å². The first-order chi connectivity index (χ1) is 11.2. The minimum atomic E-state index is -0.177. The minimum absolute atomic E-state index is 0.177. The van der Waals surface area contributed by atoms with Crippen molar-refractivity contribution in [3.05, 3.63) is 47.5 Å². The van der Waals surface area contributed by atoms with Gasteiger partial charge in [0.1, 0.15) is 19.0 Å². The molecule has 0 bridgehead atoms. The van der Waals surface area contributed by atoms with Crippen molar-refractivity contribution in [2.75, 3.05) is 25.1 Å². The fourth-order valence-electron chi connectivity index (χ4n) is 2.43. The summed E-state index contributed by atoms with van der Waals surface area (Å²) in [5.74, 6) is 1.90. The highest BCUT2D eigenvalue weighted by Gasteiger charge is 2.18. The Bertz CT molecular complexity index is 710. The molecule has 3 rings (SSSR count). The molecule has 0 saturated heterocycles. The zero-order chi connectivity index (χ0) is 16.2. The molecule has 0 spiro atoms. The van der Waals surface area contributed by atoms with E-state index in [0.717, 1.165) is 11.3 Å². The molecule has 1 N–H and O–H groups in total. The van der Waals surface area contributed by atoms with E-state index in [-0.39, 0.29) is 5.91 Å². The monoisotopic (exact) mass is 313 g/mol. The molecular formula is C18H19NO4. The zero-order valence-corrected chi connectivity index (χ0v) is 13.2. The van der Waals surface area contributed by atoms with E-state index in [0.29, 0.717) is 42.6 Å². The number of hydrogen-bond acceptors (Lipinski definition) is 4. The van der Waals surface area contributed by atoms with Crippen molar-refractivity contribution in [1.82, 2.24) is 0 Å². The summed E-state index contributed by atoms with van der Waals surface area (Å²) < 4.78 is 16.5. The first kappa shape index (κ1) is 15.2. The molecular weight excluding hydrogens is 294 g/mol. The fraction of sp³-hybridized carbons (Fsp3) is 0.278. The van der Waals surface area contributed by atoms with Crippen LogP contribution in [0.15, 0.2) is 36.4 Å². The van der Waals surface area contributed by atoms with E-state index in [1.54, 1.807) is 6.07 Å². The lowest BCUT2D eigenvalue weighted by molar-refractivity contribution is 0.102. The lowest BCUT2D eigenvalue weighted by Gasteiger charge is -2.20. The van der Waals surface area contributed by atoms with E-state index in [4.69, 9.17) is 14.2 Å². The number of amides is 1. The van der Waals surface area contributed by atoms with Crippen molar-refractivity contribution >= 4 is 11.6 Å². The van der Waals surface area contributed by atoms with Gasteiger partial charge in [0.2, 0.25) is 0 Å². The normalized spacial score (nSPS) is 12.6. The van der Waals surface area contributed by atoms with Crippen LogP contribution in [0.2, 0.25) is 0 Å². The Balaban J connectivity index is 1.77. The van der Waals surface area contributed by atoms with E-state index >= 15 is 0 Å². The van der Waals surface area contributed by atoms with Crippen molar-refractivity contribution in [2.24, 2.45) is 0 Å². The lowest BCUT2D eigenvalue weighted by Crippen LogP contribution is -2.18. The van der Waals surface area contributed by atoms with E-state index in [9.17, 15) is 4.79 Å². The summed E-state index contributed by atoms with van der Waals surface area (Å²) in [6, 6.07) is 10.9. The van der Waals surface area contributed by atoms with Crippen molar-refractivity contribution in [1.29, 1.82) is 0 Å². The van der Waals surface area contributed by atoms with Crippen molar-refractivity contribution in [3.8, 4) is 17.2 Å². The Kier molecular flexibility index (Phi) is 4.37. The number of nitrogens with one attached hydrogen (secondary N) is 1. The molecule has 5 heteroatoms. The Labute approximate surface area is 135 Å². The summed E-state index contributed by atoms with van der Waals surface area (Å²) in [7, 11) is 0. The molecule has 1 aliphatic rings. The van der Waals surface area contributed by atoms with Crippen LogP contribution in [0.25, 0.3) is 0 Å². The van der Waals surface area contributed by atoms with Crippen molar-refractivity contribution in [3.63, 3.8) is 0 Å². The van der Waals surface area contributed by atoms with Gasteiger partial charge in [-0.15, -0.1) is 0 Å². The molecule has 0 unspecified atom stereocenters. The topological polar surface area (TPSA) is 56.8 Å². The van der Waals surface area contributed by atoms with Gasteiger partial charge in [0.05, 0.1) is 6.61 Å². The molecule has 0 radical (unpaired) electrons. The second kappa shape index (κ2) is 6.60. The third kappa shape index (κ3) is 3.39. The number of benzene rings is 2. The van der Waals surface area contributed by atoms with Gasteiger partial charge in [-0.25, -0.2) is 0 Å². The maximum atomic E-state index is 12.5. The predicted octanol–water partition coefficient (Wildman–Crippen LogP) is 3.42. The van der Waals surface area contributed by atoms with E-state index in [2.05, 4.69) is 5.32 Å². The van der Waals surface area contributed by atoms with Crippen LogP contribution in [0.5, 0.6) is 17.2 Å². The second-order valence-corrected chi connectivity index (χ2v) is 5.22. The predicted molar refractivity (Wildman–Crippen MR) is 87.7 cm³/mol. The first-order valence-electron chi connectivity index (χ1n) is 7.62. The summed E-state index contributed by atoms with van der Waals surface area (Å²) in [4.78, 5) is 12.5. The average Bonchev–Trinajstić information content (AvgIpc) is 2.56. The van der Waals surface area contributed by atoms with Crippen LogP contribution in [0.1, 0.15) is 22.8 Å². The number of ether oxygens (including phenoxy) is 3. The second-order valence-electron chi connectivity index (χ2n) is 5.22. The number of aryl methyl sites for hydroxylation is 1. The highest BCUT2D eigenvalue weighted by Crippen LogP contribution is 2.33. The van der Waals surface area contributed by atoms with Crippen LogP contribution in [-0.4, -0.2) is 25.7 Å². The van der Waals surface area contributed by atoms with Gasteiger partial charge in [0.15, 0.2) is 11.5 Å². The molecule has 120 valence electrons. The van der Waals surface area contributed by atoms with Crippen LogP contribution in [-0.2, 0) is 0 Å². The number of fused-ring (bicyclic) bond motifs is 1.